The molecule has 3 rings (SSSR count). The number of nitrogens with zero attached hydrogens (tertiary/aromatic N) is 3. The van der Waals surface area contributed by atoms with E-state index in [1.54, 1.807) is 24.5 Å². The maximum atomic E-state index is 13.2. The second kappa shape index (κ2) is 7.54. The lowest BCUT2D eigenvalue weighted by Crippen LogP contribution is -2.51. The first-order valence-electron chi connectivity index (χ1n) is 9.50. The fraction of sp³-hybridized carbons (Fsp3) is 0.650. The van der Waals surface area contributed by atoms with Crippen molar-refractivity contribution in [1.82, 2.24) is 14.8 Å². The van der Waals surface area contributed by atoms with Crippen LogP contribution in [-0.2, 0) is 4.79 Å². The van der Waals surface area contributed by atoms with Gasteiger partial charge in [-0.25, -0.2) is 0 Å². The molecule has 2 amide bonds. The van der Waals surface area contributed by atoms with E-state index in [4.69, 9.17) is 0 Å². The van der Waals surface area contributed by atoms with Crippen LogP contribution in [0.5, 0.6) is 0 Å². The number of hydrogen-bond acceptors (Lipinski definition) is 3. The van der Waals surface area contributed by atoms with Gasteiger partial charge in [0.15, 0.2) is 0 Å². The van der Waals surface area contributed by atoms with Crippen LogP contribution in [0.25, 0.3) is 0 Å². The number of pyridine rings is 1. The van der Waals surface area contributed by atoms with Crippen molar-refractivity contribution < 1.29 is 9.59 Å². The van der Waals surface area contributed by atoms with Crippen molar-refractivity contribution in [2.45, 2.75) is 58.5 Å². The van der Waals surface area contributed by atoms with Crippen LogP contribution < -0.4 is 0 Å². The molecule has 2 fully saturated rings. The van der Waals surface area contributed by atoms with E-state index in [1.807, 2.05) is 4.90 Å². The van der Waals surface area contributed by atoms with Crippen molar-refractivity contribution in [2.75, 3.05) is 13.1 Å². The highest BCUT2D eigenvalue weighted by atomic mass is 16.2. The van der Waals surface area contributed by atoms with E-state index in [0.717, 1.165) is 32.2 Å². The first kappa shape index (κ1) is 17.9. The first-order chi connectivity index (χ1) is 12.0. The van der Waals surface area contributed by atoms with E-state index in [1.165, 1.54) is 0 Å². The molecule has 1 saturated heterocycles. The summed E-state index contributed by atoms with van der Waals surface area (Å²) in [5.74, 6) is 0.634. The van der Waals surface area contributed by atoms with E-state index in [0.29, 0.717) is 24.1 Å². The van der Waals surface area contributed by atoms with E-state index in [2.05, 4.69) is 30.7 Å². The number of aromatic nitrogens is 1. The Morgan fingerprint density at radius 1 is 1.16 bits per heavy atom. The molecular formula is C20H29N3O2. The number of carbonyl (C=O) groups is 2. The Bertz CT molecular complexity index is 613. The highest BCUT2D eigenvalue weighted by molar-refractivity contribution is 5.94. The lowest BCUT2D eigenvalue weighted by Gasteiger charge is -2.38. The molecular weight excluding hydrogens is 314 g/mol. The number of piperidine rings is 1. The molecule has 1 aliphatic carbocycles. The third kappa shape index (κ3) is 4.02. The molecule has 1 saturated carbocycles. The predicted molar refractivity (Wildman–Crippen MR) is 97.0 cm³/mol. The Morgan fingerprint density at radius 3 is 2.44 bits per heavy atom. The van der Waals surface area contributed by atoms with E-state index in [9.17, 15) is 9.59 Å². The van der Waals surface area contributed by atoms with Crippen molar-refractivity contribution in [3.05, 3.63) is 30.1 Å². The molecule has 136 valence electrons. The number of hydrogen-bond donors (Lipinski definition) is 0. The average Bonchev–Trinajstić information content (AvgIpc) is 3.46. The molecule has 1 aromatic heterocycles. The number of carbonyl (C=O) groups excluding carboxylic acids is 2. The molecule has 2 unspecified atom stereocenters. The Labute approximate surface area is 150 Å². The SMILES string of the molecule is CC(C)C(C)N(C(=O)C1CCCN(C(=O)c2ccncc2)C1)C1CC1. The highest BCUT2D eigenvalue weighted by Gasteiger charge is 2.40. The molecule has 5 heteroatoms. The van der Waals surface area contributed by atoms with Gasteiger partial charge in [0.1, 0.15) is 0 Å². The Hall–Kier alpha value is -1.91. The lowest BCUT2D eigenvalue weighted by molar-refractivity contribution is -0.140. The summed E-state index contributed by atoms with van der Waals surface area (Å²) in [5.41, 5.74) is 0.651. The fourth-order valence-corrected chi connectivity index (χ4v) is 3.64. The molecule has 0 aromatic carbocycles. The molecule has 1 aromatic rings. The number of rotatable bonds is 5. The van der Waals surface area contributed by atoms with Crippen LogP contribution in [0.3, 0.4) is 0 Å². The van der Waals surface area contributed by atoms with E-state index in [-0.39, 0.29) is 23.8 Å². The Balaban J connectivity index is 1.70. The molecule has 2 atom stereocenters. The standard InChI is InChI=1S/C20H29N3O2/c1-14(2)15(3)23(18-6-7-18)20(25)17-5-4-12-22(13-17)19(24)16-8-10-21-11-9-16/h8-11,14-15,17-18H,4-7,12-13H2,1-3H3. The molecule has 0 N–H and O–H groups in total. The summed E-state index contributed by atoms with van der Waals surface area (Å²) in [7, 11) is 0. The molecule has 2 aliphatic rings. The van der Waals surface area contributed by atoms with Gasteiger partial charge in [0.05, 0.1) is 5.92 Å². The van der Waals surface area contributed by atoms with Crippen LogP contribution in [0.1, 0.15) is 56.8 Å². The number of amides is 2. The van der Waals surface area contributed by atoms with Gasteiger partial charge in [-0.1, -0.05) is 13.8 Å². The van der Waals surface area contributed by atoms with Crippen LogP contribution in [-0.4, -0.2) is 51.8 Å². The molecule has 1 aliphatic heterocycles. The summed E-state index contributed by atoms with van der Waals surface area (Å²) in [5, 5.41) is 0. The van der Waals surface area contributed by atoms with Crippen LogP contribution in [0.2, 0.25) is 0 Å². The summed E-state index contributed by atoms with van der Waals surface area (Å²) in [6.45, 7) is 7.77. The first-order valence-corrected chi connectivity index (χ1v) is 9.50. The largest absolute Gasteiger partial charge is 0.338 e. The van der Waals surface area contributed by atoms with Crippen LogP contribution in [0.4, 0.5) is 0 Å². The topological polar surface area (TPSA) is 53.5 Å². The number of likely N-dealkylation sites (tertiary alicyclic amines) is 1. The molecule has 5 nitrogen and oxygen atoms in total. The minimum Gasteiger partial charge on any atom is -0.338 e. The second-order valence-corrected chi connectivity index (χ2v) is 7.79. The zero-order valence-corrected chi connectivity index (χ0v) is 15.5. The van der Waals surface area contributed by atoms with Gasteiger partial charge in [-0.05, 0) is 50.7 Å². The molecule has 0 radical (unpaired) electrons. The fourth-order valence-electron chi connectivity index (χ4n) is 3.64. The summed E-state index contributed by atoms with van der Waals surface area (Å²) in [6, 6.07) is 4.15. The van der Waals surface area contributed by atoms with Gasteiger partial charge in [0.25, 0.3) is 5.91 Å². The molecule has 2 heterocycles. The third-order valence-electron chi connectivity index (χ3n) is 5.58. The predicted octanol–water partition coefficient (Wildman–Crippen LogP) is 2.97. The van der Waals surface area contributed by atoms with Crippen LogP contribution in [0.15, 0.2) is 24.5 Å². The minimum atomic E-state index is -0.0682. The maximum absolute atomic E-state index is 13.2. The summed E-state index contributed by atoms with van der Waals surface area (Å²) in [4.78, 5) is 33.8. The Morgan fingerprint density at radius 2 is 1.84 bits per heavy atom. The van der Waals surface area contributed by atoms with Gasteiger partial charge >= 0.3 is 0 Å². The van der Waals surface area contributed by atoms with E-state index >= 15 is 0 Å². The van der Waals surface area contributed by atoms with Crippen molar-refractivity contribution in [3.63, 3.8) is 0 Å². The quantitative estimate of drug-likeness (QED) is 0.826. The molecule has 0 spiro atoms. The van der Waals surface area contributed by atoms with Gasteiger partial charge in [0.2, 0.25) is 5.91 Å². The van der Waals surface area contributed by atoms with Gasteiger partial charge in [-0.15, -0.1) is 0 Å². The molecule has 25 heavy (non-hydrogen) atoms. The third-order valence-corrected chi connectivity index (χ3v) is 5.58. The van der Waals surface area contributed by atoms with Crippen molar-refractivity contribution >= 4 is 11.8 Å². The van der Waals surface area contributed by atoms with E-state index < -0.39 is 0 Å². The van der Waals surface area contributed by atoms with Crippen molar-refractivity contribution in [3.8, 4) is 0 Å². The van der Waals surface area contributed by atoms with Gasteiger partial charge < -0.3 is 9.80 Å². The zero-order chi connectivity index (χ0) is 18.0. The van der Waals surface area contributed by atoms with Crippen molar-refractivity contribution in [2.24, 2.45) is 11.8 Å². The van der Waals surface area contributed by atoms with Gasteiger partial charge in [-0.3, -0.25) is 14.6 Å². The molecule has 0 bridgehead atoms. The van der Waals surface area contributed by atoms with Gasteiger partial charge in [0, 0.05) is 43.1 Å². The normalized spacial score (nSPS) is 21.9. The Kier molecular flexibility index (Phi) is 5.40. The monoisotopic (exact) mass is 343 g/mol. The summed E-state index contributed by atoms with van der Waals surface area (Å²) in [6.07, 6.45) is 7.29. The lowest BCUT2D eigenvalue weighted by atomic mass is 9.94. The summed E-state index contributed by atoms with van der Waals surface area (Å²) >= 11 is 0. The highest BCUT2D eigenvalue weighted by Crippen LogP contribution is 2.33. The summed E-state index contributed by atoms with van der Waals surface area (Å²) < 4.78 is 0. The smallest absolute Gasteiger partial charge is 0.253 e. The maximum Gasteiger partial charge on any atom is 0.253 e. The second-order valence-electron chi connectivity index (χ2n) is 7.79. The average molecular weight is 343 g/mol. The zero-order valence-electron chi connectivity index (χ0n) is 15.5. The van der Waals surface area contributed by atoms with Crippen LogP contribution >= 0.6 is 0 Å². The minimum absolute atomic E-state index is 0.00906. The van der Waals surface area contributed by atoms with Crippen LogP contribution in [0, 0.1) is 11.8 Å². The van der Waals surface area contributed by atoms with Gasteiger partial charge in [-0.2, -0.15) is 0 Å². The van der Waals surface area contributed by atoms with Crippen molar-refractivity contribution in [1.29, 1.82) is 0 Å².